The van der Waals surface area contributed by atoms with Crippen molar-refractivity contribution in [2.45, 2.75) is 40.2 Å². The maximum absolute atomic E-state index is 4.81. The van der Waals surface area contributed by atoms with E-state index >= 15 is 0 Å². The summed E-state index contributed by atoms with van der Waals surface area (Å²) in [4.78, 5) is 19.9. The summed E-state index contributed by atoms with van der Waals surface area (Å²) >= 11 is 3.26. The SMILES string of the molecule is CCNC(=NCc1ncc(CC)s1)N1CCN(c2nc(CC)ns2)CC1. The van der Waals surface area contributed by atoms with Crippen molar-refractivity contribution >= 4 is 34.0 Å². The van der Waals surface area contributed by atoms with E-state index < -0.39 is 0 Å². The van der Waals surface area contributed by atoms with Crippen LogP contribution < -0.4 is 10.2 Å². The van der Waals surface area contributed by atoms with E-state index in [4.69, 9.17) is 4.99 Å². The third-order valence-electron chi connectivity index (χ3n) is 4.27. The molecule has 2 aromatic heterocycles. The zero-order valence-corrected chi connectivity index (χ0v) is 17.4. The van der Waals surface area contributed by atoms with Gasteiger partial charge in [0.1, 0.15) is 10.8 Å². The van der Waals surface area contributed by atoms with Gasteiger partial charge in [-0.25, -0.2) is 15.0 Å². The first-order chi connectivity index (χ1) is 12.7. The molecular formula is C17H27N7S2. The lowest BCUT2D eigenvalue weighted by Gasteiger charge is -2.36. The number of thiazole rings is 1. The molecule has 0 bridgehead atoms. The number of aliphatic imine (C=N–C) groups is 1. The summed E-state index contributed by atoms with van der Waals surface area (Å²) in [5.41, 5.74) is 0. The van der Waals surface area contributed by atoms with E-state index in [-0.39, 0.29) is 0 Å². The van der Waals surface area contributed by atoms with Crippen LogP contribution in [0.1, 0.15) is 36.5 Å². The first-order valence-corrected chi connectivity index (χ1v) is 10.9. The van der Waals surface area contributed by atoms with Gasteiger partial charge in [-0.1, -0.05) is 13.8 Å². The molecule has 1 aliphatic rings. The van der Waals surface area contributed by atoms with Crippen molar-refractivity contribution in [1.82, 2.24) is 24.6 Å². The molecule has 3 rings (SSSR count). The Morgan fingerprint density at radius 2 is 2.00 bits per heavy atom. The van der Waals surface area contributed by atoms with Crippen LogP contribution in [-0.2, 0) is 19.4 Å². The largest absolute Gasteiger partial charge is 0.357 e. The molecule has 0 atom stereocenters. The Labute approximate surface area is 163 Å². The van der Waals surface area contributed by atoms with Crippen LogP contribution >= 0.6 is 22.9 Å². The molecule has 0 aliphatic carbocycles. The molecule has 9 heteroatoms. The second kappa shape index (κ2) is 9.27. The highest BCUT2D eigenvalue weighted by Gasteiger charge is 2.22. The number of piperazine rings is 1. The summed E-state index contributed by atoms with van der Waals surface area (Å²) in [6.07, 6.45) is 3.90. The van der Waals surface area contributed by atoms with E-state index in [1.807, 2.05) is 6.20 Å². The average Bonchev–Trinajstić information content (AvgIpc) is 3.34. The van der Waals surface area contributed by atoms with Crippen molar-refractivity contribution in [2.24, 2.45) is 4.99 Å². The normalized spacial score (nSPS) is 15.6. The third kappa shape index (κ3) is 4.70. The predicted molar refractivity (Wildman–Crippen MR) is 109 cm³/mol. The Morgan fingerprint density at radius 3 is 2.62 bits per heavy atom. The first-order valence-electron chi connectivity index (χ1n) is 9.27. The Kier molecular flexibility index (Phi) is 6.79. The fourth-order valence-electron chi connectivity index (χ4n) is 2.78. The number of hydrogen-bond donors (Lipinski definition) is 1. The topological polar surface area (TPSA) is 69.5 Å². The molecule has 1 N–H and O–H groups in total. The van der Waals surface area contributed by atoms with Gasteiger partial charge in [0.05, 0.1) is 6.54 Å². The minimum atomic E-state index is 0.642. The van der Waals surface area contributed by atoms with Crippen molar-refractivity contribution in [2.75, 3.05) is 37.6 Å². The second-order valence-corrected chi connectivity index (χ2v) is 7.99. The van der Waals surface area contributed by atoms with Gasteiger partial charge in [-0.2, -0.15) is 4.37 Å². The number of rotatable bonds is 6. The molecule has 26 heavy (non-hydrogen) atoms. The Balaban J connectivity index is 1.59. The number of nitrogens with zero attached hydrogens (tertiary/aromatic N) is 6. The van der Waals surface area contributed by atoms with Crippen LogP contribution in [0.25, 0.3) is 0 Å². The maximum Gasteiger partial charge on any atom is 0.205 e. The van der Waals surface area contributed by atoms with Crippen molar-refractivity contribution < 1.29 is 0 Å². The van der Waals surface area contributed by atoms with Gasteiger partial charge >= 0.3 is 0 Å². The van der Waals surface area contributed by atoms with Crippen molar-refractivity contribution in [3.63, 3.8) is 0 Å². The molecule has 0 amide bonds. The quantitative estimate of drug-likeness (QED) is 0.600. The lowest BCUT2D eigenvalue weighted by molar-refractivity contribution is 0.372. The number of nitrogens with one attached hydrogen (secondary N) is 1. The van der Waals surface area contributed by atoms with E-state index in [1.165, 1.54) is 16.4 Å². The van der Waals surface area contributed by atoms with Crippen molar-refractivity contribution in [3.8, 4) is 0 Å². The Morgan fingerprint density at radius 1 is 1.19 bits per heavy atom. The van der Waals surface area contributed by atoms with Crippen molar-refractivity contribution in [1.29, 1.82) is 0 Å². The van der Waals surface area contributed by atoms with Gasteiger partial charge in [-0.15, -0.1) is 11.3 Å². The molecule has 7 nitrogen and oxygen atoms in total. The average molecular weight is 394 g/mol. The number of anilines is 1. The number of hydrogen-bond acceptors (Lipinski definition) is 7. The second-order valence-electron chi connectivity index (χ2n) is 6.06. The van der Waals surface area contributed by atoms with Crippen LogP contribution in [0, 0.1) is 0 Å². The van der Waals surface area contributed by atoms with E-state index in [0.717, 1.165) is 67.5 Å². The molecule has 0 unspecified atom stereocenters. The molecule has 1 aliphatic heterocycles. The monoisotopic (exact) mass is 393 g/mol. The van der Waals surface area contributed by atoms with E-state index in [1.54, 1.807) is 11.3 Å². The zero-order chi connectivity index (χ0) is 18.4. The molecule has 1 saturated heterocycles. The van der Waals surface area contributed by atoms with Gasteiger partial charge < -0.3 is 15.1 Å². The minimum Gasteiger partial charge on any atom is -0.357 e. The van der Waals surface area contributed by atoms with Crippen LogP contribution in [0.2, 0.25) is 0 Å². The smallest absolute Gasteiger partial charge is 0.205 e. The summed E-state index contributed by atoms with van der Waals surface area (Å²) in [6.45, 7) is 11.6. The molecule has 0 radical (unpaired) electrons. The number of guanidine groups is 1. The minimum absolute atomic E-state index is 0.642. The molecule has 0 spiro atoms. The molecule has 1 fully saturated rings. The summed E-state index contributed by atoms with van der Waals surface area (Å²) in [5.74, 6) is 1.92. The van der Waals surface area contributed by atoms with Crippen LogP contribution in [0.3, 0.4) is 0 Å². The van der Waals surface area contributed by atoms with Gasteiger partial charge in [-0.3, -0.25) is 0 Å². The summed E-state index contributed by atoms with van der Waals surface area (Å²) in [7, 11) is 0. The van der Waals surface area contributed by atoms with Gasteiger partial charge in [0, 0.05) is 61.8 Å². The lowest BCUT2D eigenvalue weighted by atomic mass is 10.3. The standard InChI is InChI=1S/C17H27N7S2/c1-4-13-11-19-15(25-13)12-20-16(18-6-3)23-7-9-24(10-8-23)17-21-14(5-2)22-26-17/h11H,4-10,12H2,1-3H3,(H,18,20). The summed E-state index contributed by atoms with van der Waals surface area (Å²) in [6, 6.07) is 0. The van der Waals surface area contributed by atoms with Crippen LogP contribution in [0.4, 0.5) is 5.13 Å². The number of aryl methyl sites for hydroxylation is 2. The van der Waals surface area contributed by atoms with Gasteiger partial charge in [-0.05, 0) is 13.3 Å². The van der Waals surface area contributed by atoms with Crippen LogP contribution in [0.15, 0.2) is 11.2 Å². The fourth-order valence-corrected chi connectivity index (χ4v) is 4.37. The molecule has 0 saturated carbocycles. The van der Waals surface area contributed by atoms with Gasteiger partial charge in [0.2, 0.25) is 5.13 Å². The Hall–Kier alpha value is -1.74. The maximum atomic E-state index is 4.81. The zero-order valence-electron chi connectivity index (χ0n) is 15.7. The third-order valence-corrected chi connectivity index (χ3v) is 6.21. The predicted octanol–water partition coefficient (Wildman–Crippen LogP) is 2.41. The first kappa shape index (κ1) is 19.0. The molecule has 3 heterocycles. The highest BCUT2D eigenvalue weighted by Crippen LogP contribution is 2.19. The van der Waals surface area contributed by atoms with Crippen LogP contribution in [0.5, 0.6) is 0 Å². The van der Waals surface area contributed by atoms with E-state index in [9.17, 15) is 0 Å². The molecular weight excluding hydrogens is 366 g/mol. The van der Waals surface area contributed by atoms with E-state index in [2.05, 4.69) is 50.2 Å². The molecule has 2 aromatic rings. The lowest BCUT2D eigenvalue weighted by Crippen LogP contribution is -2.52. The van der Waals surface area contributed by atoms with Gasteiger partial charge in [0.15, 0.2) is 5.96 Å². The summed E-state index contributed by atoms with van der Waals surface area (Å²) < 4.78 is 4.40. The number of aromatic nitrogens is 3. The highest BCUT2D eigenvalue weighted by molar-refractivity contribution is 7.11. The molecule has 142 valence electrons. The van der Waals surface area contributed by atoms with Gasteiger partial charge in [0.25, 0.3) is 0 Å². The summed E-state index contributed by atoms with van der Waals surface area (Å²) in [5, 5.41) is 5.54. The van der Waals surface area contributed by atoms with Crippen molar-refractivity contribution in [3.05, 3.63) is 21.9 Å². The highest BCUT2D eigenvalue weighted by atomic mass is 32.1. The van der Waals surface area contributed by atoms with E-state index in [0.29, 0.717) is 6.54 Å². The Bertz CT molecular complexity index is 716. The fraction of sp³-hybridized carbons (Fsp3) is 0.647. The van der Waals surface area contributed by atoms with Crippen LogP contribution in [-0.4, -0.2) is 57.9 Å². The molecule has 0 aromatic carbocycles.